The van der Waals surface area contributed by atoms with Crippen LogP contribution in [0.1, 0.15) is 41.3 Å². The average Bonchev–Trinajstić information content (AvgIpc) is 3.21. The number of anilines is 1. The number of hydrogen-bond acceptors (Lipinski definition) is 3. The van der Waals surface area contributed by atoms with Gasteiger partial charge in [0.25, 0.3) is 0 Å². The first-order valence-electron chi connectivity index (χ1n) is 11.0. The average molecular weight is 447 g/mol. The number of hydrogen-bond donors (Lipinski definition) is 1. The summed E-state index contributed by atoms with van der Waals surface area (Å²) in [5.74, 6) is -0.256. The van der Waals surface area contributed by atoms with Gasteiger partial charge in [-0.15, -0.1) is 0 Å². The molecule has 0 spiro atoms. The van der Waals surface area contributed by atoms with E-state index in [1.54, 1.807) is 30.3 Å². The Labute approximate surface area is 194 Å². The molecule has 0 radical (unpaired) electrons. The second-order valence-electron chi connectivity index (χ2n) is 8.44. The largest absolute Gasteiger partial charge is 0.324 e. The van der Waals surface area contributed by atoms with Crippen LogP contribution in [-0.2, 0) is 11.2 Å². The van der Waals surface area contributed by atoms with Crippen LogP contribution < -0.4 is 5.32 Å². The predicted octanol–water partition coefficient (Wildman–Crippen LogP) is 5.61. The lowest BCUT2D eigenvalue weighted by molar-refractivity contribution is -0.125. The number of halogens is 1. The fourth-order valence-electron chi connectivity index (χ4n) is 4.36. The molecule has 5 heteroatoms. The molecular weight excluding hydrogens is 420 g/mol. The van der Waals surface area contributed by atoms with E-state index in [-0.39, 0.29) is 11.7 Å². The molecule has 164 valence electrons. The van der Waals surface area contributed by atoms with E-state index in [0.717, 1.165) is 32.4 Å². The standard InChI is InChI=1S/C27H27ClN2O2/c1-27(16-8-17-30(27)18-15-20-9-4-2-5-10-20)26(32)29-24-14-13-22(28)19-23(24)25(31)21-11-6-3-7-12-21/h2-7,9-14,19H,8,15-18H2,1H3,(H,29,32)/t27-/m1/s1. The lowest BCUT2D eigenvalue weighted by Crippen LogP contribution is -2.51. The Balaban J connectivity index is 1.53. The number of likely N-dealkylation sites (tertiary alicyclic amines) is 1. The van der Waals surface area contributed by atoms with Gasteiger partial charge in [0.15, 0.2) is 5.78 Å². The zero-order valence-corrected chi connectivity index (χ0v) is 18.9. The van der Waals surface area contributed by atoms with Crippen LogP contribution in [0.4, 0.5) is 5.69 Å². The molecule has 3 aromatic rings. The monoisotopic (exact) mass is 446 g/mol. The van der Waals surface area contributed by atoms with E-state index < -0.39 is 5.54 Å². The maximum atomic E-state index is 13.5. The summed E-state index contributed by atoms with van der Waals surface area (Å²) in [6.07, 6.45) is 2.64. The van der Waals surface area contributed by atoms with Crippen LogP contribution in [0.5, 0.6) is 0 Å². The topological polar surface area (TPSA) is 49.4 Å². The Morgan fingerprint density at radius 3 is 2.41 bits per heavy atom. The van der Waals surface area contributed by atoms with Crippen molar-refractivity contribution in [2.24, 2.45) is 0 Å². The minimum atomic E-state index is -0.624. The summed E-state index contributed by atoms with van der Waals surface area (Å²) in [7, 11) is 0. The van der Waals surface area contributed by atoms with Gasteiger partial charge in [-0.05, 0) is 56.5 Å². The lowest BCUT2D eigenvalue weighted by Gasteiger charge is -2.34. The Kier molecular flexibility index (Phi) is 6.73. The van der Waals surface area contributed by atoms with E-state index in [9.17, 15) is 9.59 Å². The molecule has 3 aromatic carbocycles. The molecule has 0 unspecified atom stereocenters. The van der Waals surface area contributed by atoms with Gasteiger partial charge >= 0.3 is 0 Å². The van der Waals surface area contributed by atoms with Gasteiger partial charge in [0.05, 0.1) is 11.2 Å². The second-order valence-corrected chi connectivity index (χ2v) is 8.88. The zero-order valence-electron chi connectivity index (χ0n) is 18.2. The Morgan fingerprint density at radius 1 is 1.00 bits per heavy atom. The highest BCUT2D eigenvalue weighted by atomic mass is 35.5. The molecule has 1 N–H and O–H groups in total. The molecular formula is C27H27ClN2O2. The minimum Gasteiger partial charge on any atom is -0.324 e. The van der Waals surface area contributed by atoms with Gasteiger partial charge in [-0.2, -0.15) is 0 Å². The Morgan fingerprint density at radius 2 is 1.69 bits per heavy atom. The molecule has 0 aromatic heterocycles. The Hall–Kier alpha value is -2.95. The number of ketones is 1. The van der Waals surface area contributed by atoms with Crippen molar-refractivity contribution in [1.29, 1.82) is 0 Å². The van der Waals surface area contributed by atoms with Gasteiger partial charge in [0.2, 0.25) is 5.91 Å². The molecule has 4 nitrogen and oxygen atoms in total. The number of carbonyl (C=O) groups excluding carboxylic acids is 2. The van der Waals surface area contributed by atoms with Crippen molar-refractivity contribution in [2.45, 2.75) is 31.7 Å². The first-order chi connectivity index (χ1) is 15.5. The van der Waals surface area contributed by atoms with Gasteiger partial charge in [-0.3, -0.25) is 14.5 Å². The predicted molar refractivity (Wildman–Crippen MR) is 129 cm³/mol. The summed E-state index contributed by atoms with van der Waals surface area (Å²) in [6.45, 7) is 3.69. The van der Waals surface area contributed by atoms with Gasteiger partial charge in [-0.1, -0.05) is 72.3 Å². The van der Waals surface area contributed by atoms with Crippen molar-refractivity contribution in [3.63, 3.8) is 0 Å². The molecule has 1 atom stereocenters. The fourth-order valence-corrected chi connectivity index (χ4v) is 4.53. The third-order valence-corrected chi connectivity index (χ3v) is 6.54. The fraction of sp³-hybridized carbons (Fsp3) is 0.259. The van der Waals surface area contributed by atoms with Gasteiger partial charge in [0, 0.05) is 22.7 Å². The third-order valence-electron chi connectivity index (χ3n) is 6.30. The van der Waals surface area contributed by atoms with Crippen molar-refractivity contribution in [2.75, 3.05) is 18.4 Å². The molecule has 1 aliphatic heterocycles. The van der Waals surface area contributed by atoms with E-state index in [1.807, 2.05) is 43.3 Å². The van der Waals surface area contributed by atoms with Crippen molar-refractivity contribution in [3.05, 3.63) is 101 Å². The number of carbonyl (C=O) groups is 2. The normalized spacial score (nSPS) is 18.4. The lowest BCUT2D eigenvalue weighted by atomic mass is 9.96. The number of benzene rings is 3. The van der Waals surface area contributed by atoms with Gasteiger partial charge in [0.1, 0.15) is 0 Å². The van der Waals surface area contributed by atoms with E-state index in [2.05, 4.69) is 22.3 Å². The number of nitrogens with one attached hydrogen (secondary N) is 1. The summed E-state index contributed by atoms with van der Waals surface area (Å²) in [4.78, 5) is 28.8. The van der Waals surface area contributed by atoms with Crippen molar-refractivity contribution in [3.8, 4) is 0 Å². The van der Waals surface area contributed by atoms with Crippen LogP contribution >= 0.6 is 11.6 Å². The van der Waals surface area contributed by atoms with Crippen LogP contribution in [-0.4, -0.2) is 35.2 Å². The number of rotatable bonds is 7. The summed E-state index contributed by atoms with van der Waals surface area (Å²) in [6, 6.07) is 24.4. The summed E-state index contributed by atoms with van der Waals surface area (Å²) >= 11 is 6.19. The van der Waals surface area contributed by atoms with Crippen molar-refractivity contribution >= 4 is 29.0 Å². The highest BCUT2D eigenvalue weighted by molar-refractivity contribution is 6.31. The van der Waals surface area contributed by atoms with Gasteiger partial charge in [-0.25, -0.2) is 0 Å². The maximum absolute atomic E-state index is 13.5. The summed E-state index contributed by atoms with van der Waals surface area (Å²) in [5, 5.41) is 3.50. The molecule has 1 amide bonds. The van der Waals surface area contributed by atoms with Crippen molar-refractivity contribution < 1.29 is 9.59 Å². The third kappa shape index (κ3) is 4.77. The van der Waals surface area contributed by atoms with Crippen LogP contribution in [0.25, 0.3) is 0 Å². The molecule has 0 saturated carbocycles. The first kappa shape index (κ1) is 22.3. The molecule has 1 saturated heterocycles. The molecule has 1 heterocycles. The molecule has 1 fully saturated rings. The SMILES string of the molecule is C[C@]1(C(=O)Nc2ccc(Cl)cc2C(=O)c2ccccc2)CCCN1CCc1ccccc1. The molecule has 32 heavy (non-hydrogen) atoms. The van der Waals surface area contributed by atoms with E-state index in [0.29, 0.717) is 21.8 Å². The maximum Gasteiger partial charge on any atom is 0.244 e. The minimum absolute atomic E-state index is 0.0903. The quantitative estimate of drug-likeness (QED) is 0.480. The first-order valence-corrected chi connectivity index (χ1v) is 11.3. The molecule has 4 rings (SSSR count). The number of nitrogens with zero attached hydrogens (tertiary/aromatic N) is 1. The zero-order chi connectivity index (χ0) is 22.6. The Bertz CT molecular complexity index is 1100. The number of amides is 1. The smallest absolute Gasteiger partial charge is 0.244 e. The van der Waals surface area contributed by atoms with Crippen molar-refractivity contribution in [1.82, 2.24) is 4.90 Å². The van der Waals surface area contributed by atoms with Gasteiger partial charge < -0.3 is 5.32 Å². The van der Waals surface area contributed by atoms with E-state index in [4.69, 9.17) is 11.6 Å². The van der Waals surface area contributed by atoms with Crippen LogP contribution in [0.2, 0.25) is 5.02 Å². The second kappa shape index (κ2) is 9.68. The molecule has 1 aliphatic rings. The van der Waals surface area contributed by atoms with E-state index >= 15 is 0 Å². The molecule has 0 bridgehead atoms. The highest BCUT2D eigenvalue weighted by Crippen LogP contribution is 2.32. The summed E-state index contributed by atoms with van der Waals surface area (Å²) < 4.78 is 0. The van der Waals surface area contributed by atoms with Crippen LogP contribution in [0.15, 0.2) is 78.9 Å². The highest BCUT2D eigenvalue weighted by Gasteiger charge is 2.43. The molecule has 0 aliphatic carbocycles. The van der Waals surface area contributed by atoms with Crippen LogP contribution in [0, 0.1) is 0 Å². The van der Waals surface area contributed by atoms with E-state index in [1.165, 1.54) is 5.56 Å². The van der Waals surface area contributed by atoms with Crippen LogP contribution in [0.3, 0.4) is 0 Å². The summed E-state index contributed by atoms with van der Waals surface area (Å²) in [5.41, 5.74) is 2.08.